The molecule has 19 heavy (non-hydrogen) atoms. The quantitative estimate of drug-likeness (QED) is 0.913. The number of para-hydroxylation sites is 1. The third-order valence-electron chi connectivity index (χ3n) is 3.96. The summed E-state index contributed by atoms with van der Waals surface area (Å²) in [6, 6.07) is 10.9. The van der Waals surface area contributed by atoms with Gasteiger partial charge in [-0.1, -0.05) is 18.2 Å². The van der Waals surface area contributed by atoms with Gasteiger partial charge in [-0.15, -0.1) is 0 Å². The van der Waals surface area contributed by atoms with Crippen molar-refractivity contribution in [3.8, 4) is 0 Å². The van der Waals surface area contributed by atoms with Crippen molar-refractivity contribution in [1.29, 1.82) is 0 Å². The lowest BCUT2D eigenvalue weighted by atomic mass is 9.94. The van der Waals surface area contributed by atoms with E-state index in [2.05, 4.69) is 34.6 Å². The number of hydrogen-bond donors (Lipinski definition) is 1. The molecule has 0 aliphatic carbocycles. The van der Waals surface area contributed by atoms with Crippen molar-refractivity contribution in [2.24, 2.45) is 5.92 Å². The Morgan fingerprint density at radius 2 is 2.32 bits per heavy atom. The van der Waals surface area contributed by atoms with Gasteiger partial charge in [0.25, 0.3) is 0 Å². The normalized spacial score (nSPS) is 20.8. The zero-order chi connectivity index (χ0) is 13.1. The van der Waals surface area contributed by atoms with Crippen LogP contribution in [0.15, 0.2) is 36.5 Å². The molecule has 1 aromatic carbocycles. The second-order valence-electron chi connectivity index (χ2n) is 5.27. The molecule has 0 saturated carbocycles. The maximum absolute atomic E-state index is 5.47. The number of rotatable bonds is 4. The molecular formula is C16H20N2O. The number of ether oxygens (including phenoxy) is 1. The van der Waals surface area contributed by atoms with Gasteiger partial charge in [-0.05, 0) is 43.5 Å². The molecule has 0 radical (unpaired) electrons. The van der Waals surface area contributed by atoms with E-state index in [1.165, 1.54) is 17.4 Å². The first kappa shape index (κ1) is 12.6. The van der Waals surface area contributed by atoms with Gasteiger partial charge in [-0.25, -0.2) is 0 Å². The van der Waals surface area contributed by atoms with Crippen molar-refractivity contribution in [1.82, 2.24) is 10.3 Å². The molecule has 3 rings (SSSR count). The highest BCUT2D eigenvalue weighted by Crippen LogP contribution is 2.27. The lowest BCUT2D eigenvalue weighted by Crippen LogP contribution is -2.20. The van der Waals surface area contributed by atoms with Gasteiger partial charge in [0.1, 0.15) is 0 Å². The summed E-state index contributed by atoms with van der Waals surface area (Å²) in [5.74, 6) is 0.670. The lowest BCUT2D eigenvalue weighted by Gasteiger charge is -2.19. The first-order chi connectivity index (χ1) is 9.36. The minimum absolute atomic E-state index is 0.365. The van der Waals surface area contributed by atoms with E-state index in [1.54, 1.807) is 0 Å². The monoisotopic (exact) mass is 256 g/mol. The zero-order valence-corrected chi connectivity index (χ0v) is 11.3. The summed E-state index contributed by atoms with van der Waals surface area (Å²) in [5.41, 5.74) is 2.33. The SMILES string of the molecule is CNC(CC1CCOC1)c1cnc2ccccc2c1. The summed E-state index contributed by atoms with van der Waals surface area (Å²) < 4.78 is 5.47. The van der Waals surface area contributed by atoms with Crippen molar-refractivity contribution < 1.29 is 4.74 Å². The highest BCUT2D eigenvalue weighted by molar-refractivity contribution is 5.78. The van der Waals surface area contributed by atoms with Gasteiger partial charge in [-0.3, -0.25) is 4.98 Å². The van der Waals surface area contributed by atoms with Crippen LogP contribution in [0.5, 0.6) is 0 Å². The predicted molar refractivity (Wildman–Crippen MR) is 77.1 cm³/mol. The molecule has 0 spiro atoms. The molecule has 2 atom stereocenters. The summed E-state index contributed by atoms with van der Waals surface area (Å²) in [6.07, 6.45) is 4.30. The Morgan fingerprint density at radius 3 is 3.11 bits per heavy atom. The van der Waals surface area contributed by atoms with Crippen LogP contribution in [0.3, 0.4) is 0 Å². The van der Waals surface area contributed by atoms with Gasteiger partial charge in [-0.2, -0.15) is 0 Å². The second-order valence-corrected chi connectivity index (χ2v) is 5.27. The van der Waals surface area contributed by atoms with Crippen LogP contribution in [0.4, 0.5) is 0 Å². The molecule has 2 heterocycles. The van der Waals surface area contributed by atoms with E-state index in [9.17, 15) is 0 Å². The van der Waals surface area contributed by atoms with Crippen LogP contribution in [0.2, 0.25) is 0 Å². The van der Waals surface area contributed by atoms with Gasteiger partial charge < -0.3 is 10.1 Å². The average Bonchev–Trinajstić information content (AvgIpc) is 2.97. The Balaban J connectivity index is 1.83. The van der Waals surface area contributed by atoms with Crippen molar-refractivity contribution in [2.75, 3.05) is 20.3 Å². The molecule has 1 fully saturated rings. The summed E-state index contributed by atoms with van der Waals surface area (Å²) in [4.78, 5) is 4.55. The number of pyridine rings is 1. The number of aromatic nitrogens is 1. The zero-order valence-electron chi connectivity index (χ0n) is 11.3. The van der Waals surface area contributed by atoms with Crippen molar-refractivity contribution in [3.63, 3.8) is 0 Å². The van der Waals surface area contributed by atoms with Crippen molar-refractivity contribution >= 4 is 10.9 Å². The molecule has 1 N–H and O–H groups in total. The fourth-order valence-corrected chi connectivity index (χ4v) is 2.80. The third-order valence-corrected chi connectivity index (χ3v) is 3.96. The van der Waals surface area contributed by atoms with Crippen molar-refractivity contribution in [2.45, 2.75) is 18.9 Å². The number of fused-ring (bicyclic) bond motifs is 1. The molecule has 100 valence electrons. The van der Waals surface area contributed by atoms with Crippen LogP contribution in [-0.4, -0.2) is 25.2 Å². The summed E-state index contributed by atoms with van der Waals surface area (Å²) >= 11 is 0. The standard InChI is InChI=1S/C16H20N2O/c1-17-16(8-12-6-7-19-11-12)14-9-13-4-2-3-5-15(13)18-10-14/h2-5,9-10,12,16-17H,6-8,11H2,1H3. The Hall–Kier alpha value is -1.45. The minimum Gasteiger partial charge on any atom is -0.381 e. The van der Waals surface area contributed by atoms with E-state index in [0.717, 1.165) is 25.2 Å². The van der Waals surface area contributed by atoms with Crippen LogP contribution in [0.1, 0.15) is 24.4 Å². The molecule has 2 unspecified atom stereocenters. The van der Waals surface area contributed by atoms with E-state index in [-0.39, 0.29) is 0 Å². The van der Waals surface area contributed by atoms with Crippen LogP contribution < -0.4 is 5.32 Å². The maximum atomic E-state index is 5.47. The highest BCUT2D eigenvalue weighted by Gasteiger charge is 2.21. The molecule has 3 nitrogen and oxygen atoms in total. The van der Waals surface area contributed by atoms with E-state index >= 15 is 0 Å². The molecule has 2 aromatic rings. The fourth-order valence-electron chi connectivity index (χ4n) is 2.80. The Bertz CT molecular complexity index is 549. The lowest BCUT2D eigenvalue weighted by molar-refractivity contribution is 0.181. The molecule has 1 saturated heterocycles. The van der Waals surface area contributed by atoms with Crippen LogP contribution in [0.25, 0.3) is 10.9 Å². The van der Waals surface area contributed by atoms with Crippen LogP contribution in [-0.2, 0) is 4.74 Å². The number of nitrogens with one attached hydrogen (secondary N) is 1. The van der Waals surface area contributed by atoms with Crippen LogP contribution in [0, 0.1) is 5.92 Å². The molecule has 1 aliphatic rings. The second kappa shape index (κ2) is 5.68. The van der Waals surface area contributed by atoms with Gasteiger partial charge in [0.15, 0.2) is 0 Å². The first-order valence-corrected chi connectivity index (χ1v) is 6.96. The summed E-state index contributed by atoms with van der Waals surface area (Å²) in [7, 11) is 2.02. The van der Waals surface area contributed by atoms with Gasteiger partial charge >= 0.3 is 0 Å². The van der Waals surface area contributed by atoms with E-state index < -0.39 is 0 Å². The van der Waals surface area contributed by atoms with E-state index in [4.69, 9.17) is 4.74 Å². The smallest absolute Gasteiger partial charge is 0.0702 e. The molecule has 0 amide bonds. The molecule has 1 aliphatic heterocycles. The summed E-state index contributed by atoms with van der Waals surface area (Å²) in [6.45, 7) is 1.82. The topological polar surface area (TPSA) is 34.1 Å². The molecule has 1 aromatic heterocycles. The number of hydrogen-bond acceptors (Lipinski definition) is 3. The number of benzene rings is 1. The van der Waals surface area contributed by atoms with E-state index in [1.807, 2.05) is 19.3 Å². The maximum Gasteiger partial charge on any atom is 0.0702 e. The van der Waals surface area contributed by atoms with E-state index in [0.29, 0.717) is 12.0 Å². The predicted octanol–water partition coefficient (Wildman–Crippen LogP) is 2.92. The van der Waals surface area contributed by atoms with Gasteiger partial charge in [0.05, 0.1) is 5.52 Å². The Kier molecular flexibility index (Phi) is 3.76. The van der Waals surface area contributed by atoms with Gasteiger partial charge in [0.2, 0.25) is 0 Å². The van der Waals surface area contributed by atoms with Crippen LogP contribution >= 0.6 is 0 Å². The number of nitrogens with zero attached hydrogens (tertiary/aromatic N) is 1. The van der Waals surface area contributed by atoms with Crippen molar-refractivity contribution in [3.05, 3.63) is 42.1 Å². The molecule has 0 bridgehead atoms. The fraction of sp³-hybridized carbons (Fsp3) is 0.438. The molecular weight excluding hydrogens is 236 g/mol. The average molecular weight is 256 g/mol. The Morgan fingerprint density at radius 1 is 1.42 bits per heavy atom. The highest BCUT2D eigenvalue weighted by atomic mass is 16.5. The Labute approximate surface area is 114 Å². The first-order valence-electron chi connectivity index (χ1n) is 6.96. The van der Waals surface area contributed by atoms with Gasteiger partial charge in [0, 0.05) is 30.8 Å². The minimum atomic E-state index is 0.365. The largest absolute Gasteiger partial charge is 0.381 e. The third kappa shape index (κ3) is 2.77. The summed E-state index contributed by atoms with van der Waals surface area (Å²) in [5, 5.41) is 4.63. The molecule has 3 heteroatoms.